The van der Waals surface area contributed by atoms with Crippen molar-refractivity contribution >= 4 is 28.9 Å². The summed E-state index contributed by atoms with van der Waals surface area (Å²) < 4.78 is 44.0. The van der Waals surface area contributed by atoms with Gasteiger partial charge in [0.1, 0.15) is 0 Å². The number of nitrogens with zero attached hydrogens (tertiary/aromatic N) is 1. The van der Waals surface area contributed by atoms with E-state index in [2.05, 4.69) is 10.6 Å². The van der Waals surface area contributed by atoms with Crippen LogP contribution in [0.1, 0.15) is 22.8 Å². The molecule has 8 nitrogen and oxygen atoms in total. The van der Waals surface area contributed by atoms with E-state index in [0.29, 0.717) is 0 Å². The van der Waals surface area contributed by atoms with Crippen LogP contribution in [0.2, 0.25) is 0 Å². The average Bonchev–Trinajstić information content (AvgIpc) is 2.66. The summed E-state index contributed by atoms with van der Waals surface area (Å²) in [4.78, 5) is 34.7. The fourth-order valence-electron chi connectivity index (χ4n) is 2.38. The van der Waals surface area contributed by atoms with Gasteiger partial charge in [-0.15, -0.1) is 0 Å². The Hall–Kier alpha value is -3.63. The summed E-state index contributed by atoms with van der Waals surface area (Å²) in [5.74, 6) is -2.05. The molecule has 0 heterocycles. The predicted molar refractivity (Wildman–Crippen MR) is 97.6 cm³/mol. The first kappa shape index (κ1) is 21.7. The highest BCUT2D eigenvalue weighted by Gasteiger charge is 2.34. The number of ether oxygens (including phenoxy) is 1. The molecular formula is C18H16F3N3O5. The van der Waals surface area contributed by atoms with Crippen LogP contribution in [-0.2, 0) is 15.7 Å². The monoisotopic (exact) mass is 411 g/mol. The Labute approximate surface area is 162 Å². The molecule has 0 saturated heterocycles. The van der Waals surface area contributed by atoms with Crippen LogP contribution in [0.3, 0.4) is 0 Å². The maximum absolute atomic E-state index is 13.0. The minimum atomic E-state index is -4.69. The number of halogens is 3. The first-order valence-electron chi connectivity index (χ1n) is 8.19. The van der Waals surface area contributed by atoms with E-state index < -0.39 is 40.3 Å². The normalized spacial score (nSPS) is 12.0. The highest BCUT2D eigenvalue weighted by atomic mass is 19.4. The molecule has 1 amide bonds. The summed E-state index contributed by atoms with van der Waals surface area (Å²) in [6.45, 7) is 1.17. The SMILES string of the molecule is CNc1ccc([N+](=O)[O-])cc1C(=O)O[C@@H](C)C(=O)Nc1ccccc1C(F)(F)F. The third-order valence-corrected chi connectivity index (χ3v) is 3.85. The van der Waals surface area contributed by atoms with Gasteiger partial charge in [0, 0.05) is 24.9 Å². The molecule has 2 aromatic rings. The van der Waals surface area contributed by atoms with E-state index in [1.807, 2.05) is 0 Å². The molecule has 0 aliphatic carbocycles. The standard InChI is InChI=1S/C18H16F3N3O5/c1-10(16(25)23-15-6-4-3-5-13(15)18(19,20)21)29-17(26)12-9-11(24(27)28)7-8-14(12)22-2/h3-10,22H,1-2H3,(H,23,25)/t10-/m0/s1. The van der Waals surface area contributed by atoms with Crippen molar-refractivity contribution < 1.29 is 32.4 Å². The number of anilines is 2. The average molecular weight is 411 g/mol. The summed E-state index contributed by atoms with van der Waals surface area (Å²) in [6.07, 6.45) is -6.15. The van der Waals surface area contributed by atoms with E-state index in [1.54, 1.807) is 0 Å². The lowest BCUT2D eigenvalue weighted by molar-refractivity contribution is -0.384. The lowest BCUT2D eigenvalue weighted by Gasteiger charge is -2.17. The quantitative estimate of drug-likeness (QED) is 0.425. The van der Waals surface area contributed by atoms with Crippen molar-refractivity contribution in [2.75, 3.05) is 17.7 Å². The number of esters is 1. The summed E-state index contributed by atoms with van der Waals surface area (Å²) in [5, 5.41) is 15.6. The van der Waals surface area contributed by atoms with E-state index in [9.17, 15) is 32.9 Å². The van der Waals surface area contributed by atoms with Crippen LogP contribution in [0.25, 0.3) is 0 Å². The fourth-order valence-corrected chi connectivity index (χ4v) is 2.38. The maximum atomic E-state index is 13.0. The molecule has 0 radical (unpaired) electrons. The summed E-state index contributed by atoms with van der Waals surface area (Å²) in [5.41, 5.74) is -1.89. The Morgan fingerprint density at radius 2 is 1.79 bits per heavy atom. The van der Waals surface area contributed by atoms with Gasteiger partial charge >= 0.3 is 12.1 Å². The molecule has 0 fully saturated rings. The molecule has 0 aromatic heterocycles. The van der Waals surface area contributed by atoms with E-state index >= 15 is 0 Å². The number of nitrogens with one attached hydrogen (secondary N) is 2. The van der Waals surface area contributed by atoms with Crippen molar-refractivity contribution in [2.45, 2.75) is 19.2 Å². The molecule has 154 valence electrons. The number of carbonyl (C=O) groups is 2. The lowest BCUT2D eigenvalue weighted by atomic mass is 10.1. The van der Waals surface area contributed by atoms with E-state index in [4.69, 9.17) is 4.74 Å². The van der Waals surface area contributed by atoms with Gasteiger partial charge in [-0.2, -0.15) is 13.2 Å². The van der Waals surface area contributed by atoms with Crippen LogP contribution in [-0.4, -0.2) is 30.0 Å². The molecule has 11 heteroatoms. The highest BCUT2D eigenvalue weighted by Crippen LogP contribution is 2.34. The zero-order chi connectivity index (χ0) is 21.8. The zero-order valence-corrected chi connectivity index (χ0v) is 15.2. The highest BCUT2D eigenvalue weighted by molar-refractivity contribution is 6.00. The van der Waals surface area contributed by atoms with E-state index in [1.165, 1.54) is 38.2 Å². The van der Waals surface area contributed by atoms with Crippen LogP contribution < -0.4 is 10.6 Å². The number of benzene rings is 2. The van der Waals surface area contributed by atoms with Crippen molar-refractivity contribution in [3.05, 3.63) is 63.7 Å². The number of hydrogen-bond acceptors (Lipinski definition) is 6. The molecule has 0 spiro atoms. The Balaban J connectivity index is 2.18. The number of non-ortho nitro benzene ring substituents is 1. The van der Waals surface area contributed by atoms with Crippen molar-refractivity contribution in [3.63, 3.8) is 0 Å². The molecule has 0 bridgehead atoms. The number of para-hydroxylation sites is 1. The van der Waals surface area contributed by atoms with Crippen molar-refractivity contribution in [3.8, 4) is 0 Å². The van der Waals surface area contributed by atoms with Crippen molar-refractivity contribution in [2.24, 2.45) is 0 Å². The summed E-state index contributed by atoms with van der Waals surface area (Å²) >= 11 is 0. The Morgan fingerprint density at radius 1 is 1.14 bits per heavy atom. The Kier molecular flexibility index (Phi) is 6.42. The van der Waals surface area contributed by atoms with Gasteiger partial charge in [-0.3, -0.25) is 14.9 Å². The minimum Gasteiger partial charge on any atom is -0.449 e. The van der Waals surface area contributed by atoms with E-state index in [-0.39, 0.29) is 16.9 Å². The van der Waals surface area contributed by atoms with Gasteiger partial charge in [-0.25, -0.2) is 4.79 Å². The number of amides is 1. The topological polar surface area (TPSA) is 111 Å². The molecule has 2 rings (SSSR count). The third-order valence-electron chi connectivity index (χ3n) is 3.85. The molecular weight excluding hydrogens is 395 g/mol. The molecule has 29 heavy (non-hydrogen) atoms. The molecule has 0 aliphatic rings. The number of hydrogen-bond donors (Lipinski definition) is 2. The van der Waals surface area contributed by atoms with Gasteiger partial charge < -0.3 is 15.4 Å². The molecule has 2 N–H and O–H groups in total. The predicted octanol–water partition coefficient (Wildman–Crippen LogP) is 3.84. The number of rotatable bonds is 6. The zero-order valence-electron chi connectivity index (χ0n) is 15.2. The van der Waals surface area contributed by atoms with Crippen LogP contribution in [0, 0.1) is 10.1 Å². The Morgan fingerprint density at radius 3 is 2.38 bits per heavy atom. The summed E-state index contributed by atoms with van der Waals surface area (Å²) in [6, 6.07) is 7.78. The fraction of sp³-hybridized carbons (Fsp3) is 0.222. The lowest BCUT2D eigenvalue weighted by Crippen LogP contribution is -2.31. The van der Waals surface area contributed by atoms with Crippen LogP contribution in [0.4, 0.5) is 30.2 Å². The van der Waals surface area contributed by atoms with E-state index in [0.717, 1.165) is 18.2 Å². The van der Waals surface area contributed by atoms with Gasteiger partial charge in [0.25, 0.3) is 11.6 Å². The van der Waals surface area contributed by atoms with Crippen LogP contribution in [0.15, 0.2) is 42.5 Å². The second kappa shape index (κ2) is 8.59. The molecule has 0 saturated carbocycles. The maximum Gasteiger partial charge on any atom is 0.418 e. The smallest absolute Gasteiger partial charge is 0.418 e. The number of nitro groups is 1. The van der Waals surface area contributed by atoms with Crippen LogP contribution >= 0.6 is 0 Å². The second-order valence-corrected chi connectivity index (χ2v) is 5.82. The molecule has 2 aromatic carbocycles. The Bertz CT molecular complexity index is 947. The second-order valence-electron chi connectivity index (χ2n) is 5.82. The third kappa shape index (κ3) is 5.21. The van der Waals surface area contributed by atoms with Gasteiger partial charge in [-0.05, 0) is 25.1 Å². The number of nitro benzene ring substituents is 1. The van der Waals surface area contributed by atoms with Gasteiger partial charge in [0.05, 0.1) is 21.7 Å². The summed E-state index contributed by atoms with van der Waals surface area (Å²) in [7, 11) is 1.47. The number of carbonyl (C=O) groups excluding carboxylic acids is 2. The molecule has 1 atom stereocenters. The largest absolute Gasteiger partial charge is 0.449 e. The molecule has 0 aliphatic heterocycles. The number of alkyl halides is 3. The van der Waals surface area contributed by atoms with Gasteiger partial charge in [0.2, 0.25) is 0 Å². The van der Waals surface area contributed by atoms with Crippen LogP contribution in [0.5, 0.6) is 0 Å². The first-order chi connectivity index (χ1) is 13.5. The minimum absolute atomic E-state index is 0.197. The van der Waals surface area contributed by atoms with Gasteiger partial charge in [-0.1, -0.05) is 12.1 Å². The van der Waals surface area contributed by atoms with Crippen molar-refractivity contribution in [1.82, 2.24) is 0 Å². The molecule has 0 unspecified atom stereocenters. The van der Waals surface area contributed by atoms with Gasteiger partial charge in [0.15, 0.2) is 6.10 Å². The van der Waals surface area contributed by atoms with Crippen molar-refractivity contribution in [1.29, 1.82) is 0 Å². The first-order valence-corrected chi connectivity index (χ1v) is 8.19.